The maximum atomic E-state index is 11.0. The predicted octanol–water partition coefficient (Wildman–Crippen LogP) is -0.888. The maximum absolute atomic E-state index is 11.0. The van der Waals surface area contributed by atoms with E-state index in [0.717, 1.165) is 0 Å². The molecule has 1 heterocycles. The van der Waals surface area contributed by atoms with Crippen molar-refractivity contribution in [3.8, 4) is 0 Å². The first kappa shape index (κ1) is 10.2. The van der Waals surface area contributed by atoms with Gasteiger partial charge in [-0.25, -0.2) is 9.48 Å². The van der Waals surface area contributed by atoms with Gasteiger partial charge in [0.05, 0.1) is 6.20 Å². The van der Waals surface area contributed by atoms with Gasteiger partial charge in [0.1, 0.15) is 6.54 Å². The first-order valence-corrected chi connectivity index (χ1v) is 4.03. The number of carbonyl (C=O) groups excluding carboxylic acids is 1. The Balaban J connectivity index is 2.59. The van der Waals surface area contributed by atoms with E-state index >= 15 is 0 Å². The van der Waals surface area contributed by atoms with Gasteiger partial charge >= 0.3 is 5.97 Å². The summed E-state index contributed by atoms with van der Waals surface area (Å²) in [7, 11) is 0. The summed E-state index contributed by atoms with van der Waals surface area (Å²) in [5.74, 6) is -1.39. The highest BCUT2D eigenvalue weighted by molar-refractivity contribution is 5.84. The second-order valence-electron chi connectivity index (χ2n) is 2.56. The van der Waals surface area contributed by atoms with Crippen molar-refractivity contribution in [2.24, 2.45) is 0 Å². The number of rotatable bonds is 4. The number of amides is 1. The van der Waals surface area contributed by atoms with Crippen LogP contribution in [0, 0.1) is 0 Å². The summed E-state index contributed by atoms with van der Waals surface area (Å²) < 4.78 is 1.18. The summed E-state index contributed by atoms with van der Waals surface area (Å²) in [6.07, 6.45) is 1.21. The molecule has 14 heavy (non-hydrogen) atoms. The second kappa shape index (κ2) is 4.35. The Morgan fingerprint density at radius 3 is 2.86 bits per heavy atom. The van der Waals surface area contributed by atoms with Crippen LogP contribution in [0.1, 0.15) is 17.4 Å². The van der Waals surface area contributed by atoms with E-state index < -0.39 is 5.97 Å². The normalized spacial score (nSPS) is 9.79. The highest BCUT2D eigenvalue weighted by atomic mass is 16.4. The van der Waals surface area contributed by atoms with Crippen LogP contribution in [0.2, 0.25) is 0 Å². The van der Waals surface area contributed by atoms with Crippen LogP contribution < -0.4 is 5.32 Å². The van der Waals surface area contributed by atoms with Gasteiger partial charge in [-0.2, -0.15) is 0 Å². The van der Waals surface area contributed by atoms with Crippen molar-refractivity contribution >= 4 is 11.9 Å². The Hall–Kier alpha value is -1.92. The third-order valence-electron chi connectivity index (χ3n) is 1.44. The molecule has 2 N–H and O–H groups in total. The fourth-order valence-electron chi connectivity index (χ4n) is 0.874. The molecule has 0 saturated carbocycles. The maximum Gasteiger partial charge on any atom is 0.358 e. The van der Waals surface area contributed by atoms with Crippen LogP contribution in [0.3, 0.4) is 0 Å². The highest BCUT2D eigenvalue weighted by Gasteiger charge is 2.09. The Morgan fingerprint density at radius 2 is 2.36 bits per heavy atom. The molecule has 0 saturated heterocycles. The standard InChI is InChI=1S/C7H10N4O3/c1-2-8-6(12)4-11-3-5(7(13)14)9-10-11/h3H,2,4H2,1H3,(H,8,12)(H,13,14). The molecule has 7 nitrogen and oxygen atoms in total. The smallest absolute Gasteiger partial charge is 0.358 e. The molecule has 0 unspecified atom stereocenters. The molecule has 0 aliphatic carbocycles. The first-order chi connectivity index (χ1) is 6.63. The summed E-state index contributed by atoms with van der Waals surface area (Å²) in [6, 6.07) is 0. The van der Waals surface area contributed by atoms with Gasteiger partial charge in [-0.05, 0) is 6.92 Å². The van der Waals surface area contributed by atoms with Gasteiger partial charge in [0, 0.05) is 6.54 Å². The lowest BCUT2D eigenvalue weighted by molar-refractivity contribution is -0.121. The van der Waals surface area contributed by atoms with E-state index in [-0.39, 0.29) is 18.1 Å². The van der Waals surface area contributed by atoms with Crippen LogP contribution in [-0.4, -0.2) is 38.5 Å². The van der Waals surface area contributed by atoms with Gasteiger partial charge < -0.3 is 10.4 Å². The average Bonchev–Trinajstić information content (AvgIpc) is 2.53. The van der Waals surface area contributed by atoms with Crippen molar-refractivity contribution < 1.29 is 14.7 Å². The van der Waals surface area contributed by atoms with E-state index in [9.17, 15) is 9.59 Å². The minimum Gasteiger partial charge on any atom is -0.476 e. The molecule has 76 valence electrons. The molecule has 7 heteroatoms. The lowest BCUT2D eigenvalue weighted by Crippen LogP contribution is -2.27. The fourth-order valence-corrected chi connectivity index (χ4v) is 0.874. The van der Waals surface area contributed by atoms with Gasteiger partial charge in [-0.15, -0.1) is 5.10 Å². The molecule has 0 spiro atoms. The van der Waals surface area contributed by atoms with Crippen molar-refractivity contribution in [3.05, 3.63) is 11.9 Å². The molecule has 0 aliphatic heterocycles. The second-order valence-corrected chi connectivity index (χ2v) is 2.56. The number of carbonyl (C=O) groups is 2. The van der Waals surface area contributed by atoms with Crippen LogP contribution in [0.25, 0.3) is 0 Å². The van der Waals surface area contributed by atoms with Gasteiger partial charge in [0.2, 0.25) is 5.91 Å². The molecular weight excluding hydrogens is 188 g/mol. The topological polar surface area (TPSA) is 97.1 Å². The molecule has 1 aromatic rings. The van der Waals surface area contributed by atoms with Crippen molar-refractivity contribution in [1.29, 1.82) is 0 Å². The third-order valence-corrected chi connectivity index (χ3v) is 1.44. The lowest BCUT2D eigenvalue weighted by Gasteiger charge is -1.99. The van der Waals surface area contributed by atoms with E-state index in [1.165, 1.54) is 10.9 Å². The number of hydrogen-bond donors (Lipinski definition) is 2. The third kappa shape index (κ3) is 2.54. The van der Waals surface area contributed by atoms with Crippen molar-refractivity contribution in [1.82, 2.24) is 20.3 Å². The SMILES string of the molecule is CCNC(=O)Cn1cc(C(=O)O)nn1. The van der Waals surface area contributed by atoms with Crippen LogP contribution >= 0.6 is 0 Å². The number of hydrogen-bond acceptors (Lipinski definition) is 4. The zero-order valence-electron chi connectivity index (χ0n) is 7.60. The number of aromatic nitrogens is 3. The molecule has 0 fully saturated rings. The molecular formula is C7H10N4O3. The van der Waals surface area contributed by atoms with Gasteiger partial charge in [0.15, 0.2) is 5.69 Å². The molecule has 0 atom stereocenters. The molecule has 0 bridgehead atoms. The van der Waals surface area contributed by atoms with Crippen molar-refractivity contribution in [3.63, 3.8) is 0 Å². The predicted molar refractivity (Wildman–Crippen MR) is 45.7 cm³/mol. The Kier molecular flexibility index (Phi) is 3.16. The summed E-state index contributed by atoms with van der Waals surface area (Å²) in [5.41, 5.74) is -0.172. The Morgan fingerprint density at radius 1 is 1.64 bits per heavy atom. The number of likely N-dealkylation sites (N-methyl/N-ethyl adjacent to an activating group) is 1. The van der Waals surface area contributed by atoms with E-state index in [1.54, 1.807) is 6.92 Å². The molecule has 1 amide bonds. The van der Waals surface area contributed by atoms with Gasteiger partial charge in [-0.1, -0.05) is 5.21 Å². The van der Waals surface area contributed by atoms with E-state index in [2.05, 4.69) is 15.6 Å². The quantitative estimate of drug-likeness (QED) is 0.654. The molecule has 0 aliphatic rings. The Labute approximate surface area is 79.7 Å². The van der Waals surface area contributed by atoms with Gasteiger partial charge in [-0.3, -0.25) is 4.79 Å². The average molecular weight is 198 g/mol. The summed E-state index contributed by atoms with van der Waals surface area (Å²) in [4.78, 5) is 21.5. The minimum absolute atomic E-state index is 0.0197. The van der Waals surface area contributed by atoms with Crippen LogP contribution in [0.15, 0.2) is 6.20 Å². The first-order valence-electron chi connectivity index (χ1n) is 4.03. The number of nitrogens with one attached hydrogen (secondary N) is 1. The van der Waals surface area contributed by atoms with Crippen molar-refractivity contribution in [2.45, 2.75) is 13.5 Å². The molecule has 0 aromatic carbocycles. The Bertz CT molecular complexity index is 346. The zero-order chi connectivity index (χ0) is 10.6. The highest BCUT2D eigenvalue weighted by Crippen LogP contribution is 1.92. The van der Waals surface area contributed by atoms with Crippen molar-refractivity contribution in [2.75, 3.05) is 6.54 Å². The minimum atomic E-state index is -1.16. The number of carboxylic acid groups (broad SMARTS) is 1. The van der Waals surface area contributed by atoms with Crippen LogP contribution in [0.4, 0.5) is 0 Å². The number of carboxylic acids is 1. The van der Waals surface area contributed by atoms with Crippen LogP contribution in [-0.2, 0) is 11.3 Å². The summed E-state index contributed by atoms with van der Waals surface area (Å²) in [5, 5.41) is 17.9. The van der Waals surface area contributed by atoms with E-state index in [1.807, 2.05) is 0 Å². The number of aromatic carboxylic acids is 1. The van der Waals surface area contributed by atoms with Gasteiger partial charge in [0.25, 0.3) is 0 Å². The van der Waals surface area contributed by atoms with E-state index in [0.29, 0.717) is 6.54 Å². The van der Waals surface area contributed by atoms with Crippen LogP contribution in [0.5, 0.6) is 0 Å². The fraction of sp³-hybridized carbons (Fsp3) is 0.429. The zero-order valence-corrected chi connectivity index (χ0v) is 7.60. The molecule has 0 radical (unpaired) electrons. The van der Waals surface area contributed by atoms with E-state index in [4.69, 9.17) is 5.11 Å². The monoisotopic (exact) mass is 198 g/mol. The summed E-state index contributed by atoms with van der Waals surface area (Å²) in [6.45, 7) is 2.30. The lowest BCUT2D eigenvalue weighted by atomic mass is 10.5. The summed E-state index contributed by atoms with van der Waals surface area (Å²) >= 11 is 0. The largest absolute Gasteiger partial charge is 0.476 e. The number of nitrogens with zero attached hydrogens (tertiary/aromatic N) is 3. The molecule has 1 rings (SSSR count). The molecule has 1 aromatic heterocycles.